The van der Waals surface area contributed by atoms with Crippen LogP contribution in [0.15, 0.2) is 0 Å². The van der Waals surface area contributed by atoms with E-state index in [9.17, 15) is 8.42 Å². The van der Waals surface area contributed by atoms with Gasteiger partial charge in [-0.25, -0.2) is 8.42 Å². The summed E-state index contributed by atoms with van der Waals surface area (Å²) >= 11 is 0. The summed E-state index contributed by atoms with van der Waals surface area (Å²) in [6, 6.07) is 0. The summed E-state index contributed by atoms with van der Waals surface area (Å²) in [5.41, 5.74) is -0.569. The second-order valence-corrected chi connectivity index (χ2v) is 7.23. The maximum Gasteiger partial charge on any atom is 0.214 e. The summed E-state index contributed by atoms with van der Waals surface area (Å²) in [5, 5.41) is 9.15. The molecule has 1 aliphatic heterocycles. The van der Waals surface area contributed by atoms with Crippen LogP contribution in [0.1, 0.15) is 20.3 Å². The minimum atomic E-state index is -3.31. The maximum absolute atomic E-state index is 12.1. The number of nitrogens with zero attached hydrogens (tertiary/aromatic N) is 1. The summed E-state index contributed by atoms with van der Waals surface area (Å²) in [6.07, 6.45) is 0.0198. The third kappa shape index (κ3) is 4.47. The first-order valence-corrected chi connectivity index (χ1v) is 7.67. The van der Waals surface area contributed by atoms with Crippen LogP contribution in [-0.4, -0.2) is 68.7 Å². The number of aliphatic hydroxyl groups is 1. The van der Waals surface area contributed by atoms with Gasteiger partial charge in [0.05, 0.1) is 24.1 Å². The zero-order chi connectivity index (χ0) is 13.8. The van der Waals surface area contributed by atoms with Gasteiger partial charge < -0.3 is 14.6 Å². The van der Waals surface area contributed by atoms with Gasteiger partial charge in [-0.15, -0.1) is 0 Å². The van der Waals surface area contributed by atoms with Crippen LogP contribution in [0.5, 0.6) is 0 Å². The average molecular weight is 281 g/mol. The van der Waals surface area contributed by atoms with E-state index in [-0.39, 0.29) is 18.9 Å². The van der Waals surface area contributed by atoms with Gasteiger partial charge in [0.15, 0.2) is 0 Å². The number of rotatable bonds is 6. The lowest BCUT2D eigenvalue weighted by Gasteiger charge is -2.41. The number of methoxy groups -OCH3 is 1. The molecule has 1 atom stereocenters. The quantitative estimate of drug-likeness (QED) is 0.684. The highest BCUT2D eigenvalue weighted by atomic mass is 32.2. The molecule has 0 aromatic heterocycles. The number of sulfonamides is 1. The van der Waals surface area contributed by atoms with Crippen molar-refractivity contribution in [3.05, 3.63) is 0 Å². The van der Waals surface area contributed by atoms with Gasteiger partial charge in [0.25, 0.3) is 0 Å². The predicted molar refractivity (Wildman–Crippen MR) is 67.9 cm³/mol. The van der Waals surface area contributed by atoms with Crippen molar-refractivity contribution >= 4 is 10.0 Å². The van der Waals surface area contributed by atoms with Crippen molar-refractivity contribution in [2.45, 2.75) is 32.0 Å². The van der Waals surface area contributed by atoms with Crippen molar-refractivity contribution < 1.29 is 23.0 Å². The Morgan fingerprint density at radius 2 is 2.17 bits per heavy atom. The molecule has 0 aliphatic carbocycles. The van der Waals surface area contributed by atoms with E-state index in [1.165, 1.54) is 4.31 Å². The Hall–Kier alpha value is -0.210. The Bertz CT molecular complexity index is 354. The molecule has 18 heavy (non-hydrogen) atoms. The first-order valence-electron chi connectivity index (χ1n) is 6.06. The topological polar surface area (TPSA) is 76.1 Å². The molecule has 1 fully saturated rings. The number of aliphatic hydroxyl groups excluding tert-OH is 1. The van der Waals surface area contributed by atoms with Crippen molar-refractivity contribution in [1.29, 1.82) is 0 Å². The van der Waals surface area contributed by atoms with E-state index in [4.69, 9.17) is 14.6 Å². The highest BCUT2D eigenvalue weighted by Crippen LogP contribution is 2.23. The Morgan fingerprint density at radius 1 is 1.50 bits per heavy atom. The molecule has 0 saturated carbocycles. The van der Waals surface area contributed by atoms with E-state index in [1.54, 1.807) is 7.11 Å². The monoisotopic (exact) mass is 281 g/mol. The fraction of sp³-hybridized carbons (Fsp3) is 1.00. The second-order valence-electron chi connectivity index (χ2n) is 5.14. The van der Waals surface area contributed by atoms with Crippen LogP contribution >= 0.6 is 0 Å². The molecule has 1 unspecified atom stereocenters. The molecule has 0 aromatic carbocycles. The maximum atomic E-state index is 12.1. The first kappa shape index (κ1) is 15.8. The van der Waals surface area contributed by atoms with Gasteiger partial charge in [-0.3, -0.25) is 0 Å². The minimum absolute atomic E-state index is 0.0646. The summed E-state index contributed by atoms with van der Waals surface area (Å²) in [6.45, 7) is 4.44. The smallest absolute Gasteiger partial charge is 0.214 e. The molecule has 7 heteroatoms. The van der Waals surface area contributed by atoms with Gasteiger partial charge in [0, 0.05) is 26.8 Å². The molecule has 0 bridgehead atoms. The van der Waals surface area contributed by atoms with Gasteiger partial charge in [0.1, 0.15) is 0 Å². The van der Waals surface area contributed by atoms with Gasteiger partial charge in [0.2, 0.25) is 10.0 Å². The summed E-state index contributed by atoms with van der Waals surface area (Å²) in [4.78, 5) is 0. The van der Waals surface area contributed by atoms with Crippen molar-refractivity contribution in [1.82, 2.24) is 4.31 Å². The lowest BCUT2D eigenvalue weighted by Crippen LogP contribution is -2.55. The Kier molecular flexibility index (Phi) is 5.54. The normalized spacial score (nSPS) is 25.2. The van der Waals surface area contributed by atoms with Crippen molar-refractivity contribution in [3.63, 3.8) is 0 Å². The van der Waals surface area contributed by atoms with Crippen LogP contribution < -0.4 is 0 Å². The van der Waals surface area contributed by atoms with Crippen LogP contribution in [0.25, 0.3) is 0 Å². The Balaban J connectivity index is 2.68. The minimum Gasteiger partial charge on any atom is -0.394 e. The van der Waals surface area contributed by atoms with Gasteiger partial charge in [-0.2, -0.15) is 4.31 Å². The van der Waals surface area contributed by atoms with E-state index < -0.39 is 21.7 Å². The molecule has 1 aliphatic rings. The van der Waals surface area contributed by atoms with Crippen LogP contribution in [0.3, 0.4) is 0 Å². The van der Waals surface area contributed by atoms with Crippen LogP contribution in [0.4, 0.5) is 0 Å². The van der Waals surface area contributed by atoms with E-state index >= 15 is 0 Å². The van der Waals surface area contributed by atoms with Crippen molar-refractivity contribution in [2.24, 2.45) is 0 Å². The van der Waals surface area contributed by atoms with E-state index in [1.807, 2.05) is 13.8 Å². The molecule has 1 saturated heterocycles. The fourth-order valence-corrected chi connectivity index (χ4v) is 3.71. The van der Waals surface area contributed by atoms with Crippen molar-refractivity contribution in [3.8, 4) is 0 Å². The Labute approximate surface area is 109 Å². The van der Waals surface area contributed by atoms with Gasteiger partial charge >= 0.3 is 0 Å². The molecule has 0 aromatic rings. The van der Waals surface area contributed by atoms with Crippen LogP contribution in [0.2, 0.25) is 0 Å². The largest absolute Gasteiger partial charge is 0.394 e. The molecular formula is C11H23NO5S. The van der Waals surface area contributed by atoms with Crippen LogP contribution in [0, 0.1) is 0 Å². The molecule has 108 valence electrons. The molecule has 1 rings (SSSR count). The number of hydrogen-bond acceptors (Lipinski definition) is 5. The van der Waals surface area contributed by atoms with Gasteiger partial charge in [-0.05, 0) is 20.3 Å². The average Bonchev–Trinajstić information content (AvgIpc) is 2.27. The summed E-state index contributed by atoms with van der Waals surface area (Å²) in [5.74, 6) is 0.0646. The highest BCUT2D eigenvalue weighted by molar-refractivity contribution is 7.89. The first-order chi connectivity index (χ1) is 8.30. The van der Waals surface area contributed by atoms with Crippen LogP contribution in [-0.2, 0) is 19.5 Å². The molecule has 0 spiro atoms. The molecule has 1 N–H and O–H groups in total. The standard InChI is InChI=1S/C11H23NO5S/c1-11(2)9-12(7-10(8-13)17-11)18(14,15)6-4-5-16-3/h10,13H,4-9H2,1-3H3. The number of hydrogen-bond donors (Lipinski definition) is 1. The van der Waals surface area contributed by atoms with E-state index in [0.29, 0.717) is 19.6 Å². The molecular weight excluding hydrogens is 258 g/mol. The third-order valence-corrected chi connectivity index (χ3v) is 4.67. The fourth-order valence-electron chi connectivity index (χ4n) is 2.06. The van der Waals surface area contributed by atoms with E-state index in [2.05, 4.69) is 0 Å². The zero-order valence-electron chi connectivity index (χ0n) is 11.3. The third-order valence-electron chi connectivity index (χ3n) is 2.80. The molecule has 0 amide bonds. The summed E-state index contributed by atoms with van der Waals surface area (Å²) in [7, 11) is -1.76. The predicted octanol–water partition coefficient (Wildman–Crippen LogP) is -0.176. The van der Waals surface area contributed by atoms with E-state index in [0.717, 1.165) is 0 Å². The second kappa shape index (κ2) is 6.29. The Morgan fingerprint density at radius 3 is 2.72 bits per heavy atom. The van der Waals surface area contributed by atoms with Gasteiger partial charge in [-0.1, -0.05) is 0 Å². The number of morpholine rings is 1. The number of ether oxygens (including phenoxy) is 2. The molecule has 1 heterocycles. The highest BCUT2D eigenvalue weighted by Gasteiger charge is 2.38. The zero-order valence-corrected chi connectivity index (χ0v) is 12.1. The lowest BCUT2D eigenvalue weighted by molar-refractivity contribution is -0.131. The summed E-state index contributed by atoms with van der Waals surface area (Å²) < 4.78 is 36.1. The van der Waals surface area contributed by atoms with Crippen molar-refractivity contribution in [2.75, 3.05) is 39.2 Å². The SMILES string of the molecule is COCCCS(=O)(=O)N1CC(CO)OC(C)(C)C1. The lowest BCUT2D eigenvalue weighted by atomic mass is 10.1. The molecule has 6 nitrogen and oxygen atoms in total. The molecule has 0 radical (unpaired) electrons.